The Labute approximate surface area is 395 Å². The van der Waals surface area contributed by atoms with E-state index in [2.05, 4.69) is 196 Å². The first-order valence-corrected chi connectivity index (χ1v) is 23.8. The zero-order valence-corrected chi connectivity index (χ0v) is 41.3. The molecule has 0 unspecified atom stereocenters. The van der Waals surface area contributed by atoms with Gasteiger partial charge in [-0.1, -0.05) is 139 Å². The summed E-state index contributed by atoms with van der Waals surface area (Å²) in [6.07, 6.45) is -2.70. The Morgan fingerprint density at radius 1 is 0.537 bits per heavy atom. The Balaban J connectivity index is 1.36. The highest BCUT2D eigenvalue weighted by Gasteiger charge is 2.49. The lowest BCUT2D eigenvalue weighted by Gasteiger charge is -2.46. The minimum atomic E-state index is -4.84. The Bertz CT molecular complexity index is 3100. The first-order valence-electron chi connectivity index (χ1n) is 23.8. The van der Waals surface area contributed by atoms with Gasteiger partial charge in [-0.15, -0.1) is 13.2 Å². The lowest BCUT2D eigenvalue weighted by Crippen LogP contribution is -2.61. The zero-order valence-electron chi connectivity index (χ0n) is 41.3. The normalized spacial score (nSPS) is 16.4. The molecule has 1 aromatic heterocycles. The van der Waals surface area contributed by atoms with Crippen molar-refractivity contribution in [3.8, 4) is 16.9 Å². The molecule has 0 saturated carbocycles. The quantitative estimate of drug-likeness (QED) is 0.165. The molecule has 67 heavy (non-hydrogen) atoms. The third kappa shape index (κ3) is 7.63. The third-order valence-electron chi connectivity index (χ3n) is 14.9. The van der Waals surface area contributed by atoms with Crippen LogP contribution in [0.1, 0.15) is 131 Å². The summed E-state index contributed by atoms with van der Waals surface area (Å²) in [5.74, 6) is 0.472. The summed E-state index contributed by atoms with van der Waals surface area (Å²) in [5.41, 5.74) is 16.5. The molecule has 0 N–H and O–H groups in total. The number of halogens is 3. The molecule has 0 spiro atoms. The van der Waals surface area contributed by atoms with Gasteiger partial charge in [-0.3, -0.25) is 4.90 Å². The maximum atomic E-state index is 13.8. The number of furan rings is 1. The molecular formula is C59H62BF3N2O2. The Morgan fingerprint density at radius 3 is 1.61 bits per heavy atom. The minimum Gasteiger partial charge on any atom is -0.440 e. The van der Waals surface area contributed by atoms with Crippen LogP contribution in [0.2, 0.25) is 0 Å². The summed E-state index contributed by atoms with van der Waals surface area (Å²) in [7, 11) is 0. The van der Waals surface area contributed by atoms with Gasteiger partial charge in [0.15, 0.2) is 0 Å². The number of nitrogens with zero attached hydrogens (tertiary/aromatic N) is 2. The number of hydrogen-bond acceptors (Lipinski definition) is 4. The topological polar surface area (TPSA) is 28.9 Å². The van der Waals surface area contributed by atoms with E-state index in [0.717, 1.165) is 74.6 Å². The molecular weight excluding hydrogens is 836 g/mol. The highest BCUT2D eigenvalue weighted by Crippen LogP contribution is 2.52. The molecule has 0 saturated heterocycles. The number of anilines is 6. The van der Waals surface area contributed by atoms with Crippen LogP contribution in [0.5, 0.6) is 5.75 Å². The summed E-state index contributed by atoms with van der Waals surface area (Å²) in [4.78, 5) is 4.67. The van der Waals surface area contributed by atoms with Gasteiger partial charge in [-0.2, -0.15) is 0 Å². The Morgan fingerprint density at radius 2 is 1.06 bits per heavy atom. The number of fused-ring (bicyclic) bond motifs is 7. The van der Waals surface area contributed by atoms with E-state index < -0.39 is 6.36 Å². The summed E-state index contributed by atoms with van der Waals surface area (Å²) < 4.78 is 53.1. The van der Waals surface area contributed by atoms with Crippen molar-refractivity contribution < 1.29 is 22.3 Å². The van der Waals surface area contributed by atoms with Crippen LogP contribution in [0, 0.1) is 0 Å². The number of rotatable bonds is 4. The lowest BCUT2D eigenvalue weighted by molar-refractivity contribution is -0.274. The maximum Gasteiger partial charge on any atom is 0.573 e. The molecule has 6 aromatic carbocycles. The first kappa shape index (κ1) is 44.9. The van der Waals surface area contributed by atoms with Crippen LogP contribution >= 0.6 is 0 Å². The van der Waals surface area contributed by atoms with Crippen molar-refractivity contribution >= 4 is 68.4 Å². The van der Waals surface area contributed by atoms with Crippen LogP contribution in [0.25, 0.3) is 22.1 Å². The van der Waals surface area contributed by atoms with Crippen LogP contribution in [-0.2, 0) is 27.1 Å². The second-order valence-electron chi connectivity index (χ2n) is 23.7. The van der Waals surface area contributed by atoms with Gasteiger partial charge < -0.3 is 14.1 Å². The molecule has 3 heterocycles. The molecule has 0 bridgehead atoms. The molecule has 10 rings (SSSR count). The summed E-state index contributed by atoms with van der Waals surface area (Å²) >= 11 is 0. The van der Waals surface area contributed by atoms with Gasteiger partial charge in [-0.25, -0.2) is 0 Å². The van der Waals surface area contributed by atoms with E-state index in [1.54, 1.807) is 6.07 Å². The zero-order chi connectivity index (χ0) is 48.0. The third-order valence-corrected chi connectivity index (χ3v) is 14.9. The molecule has 1 aliphatic carbocycles. The van der Waals surface area contributed by atoms with E-state index in [0.29, 0.717) is 5.56 Å². The number of benzene rings is 6. The maximum absolute atomic E-state index is 13.8. The van der Waals surface area contributed by atoms with Crippen molar-refractivity contribution in [2.24, 2.45) is 0 Å². The highest BCUT2D eigenvalue weighted by atomic mass is 19.4. The monoisotopic (exact) mass is 898 g/mol. The van der Waals surface area contributed by atoms with Crippen molar-refractivity contribution in [2.75, 3.05) is 9.80 Å². The fourth-order valence-electron chi connectivity index (χ4n) is 10.8. The van der Waals surface area contributed by atoms with E-state index in [1.807, 2.05) is 6.07 Å². The van der Waals surface area contributed by atoms with Gasteiger partial charge in [-0.05, 0) is 157 Å². The molecule has 8 heteroatoms. The smallest absolute Gasteiger partial charge is 0.440 e. The average Bonchev–Trinajstić information content (AvgIpc) is 3.62. The number of alkyl halides is 3. The largest absolute Gasteiger partial charge is 0.573 e. The fourth-order valence-corrected chi connectivity index (χ4v) is 10.8. The fraction of sp³-hybridized carbons (Fsp3) is 0.356. The summed E-state index contributed by atoms with van der Waals surface area (Å²) in [6, 6.07) is 40.0. The van der Waals surface area contributed by atoms with Crippen LogP contribution in [0.15, 0.2) is 120 Å². The molecule has 7 aromatic rings. The van der Waals surface area contributed by atoms with Crippen molar-refractivity contribution in [3.63, 3.8) is 0 Å². The molecule has 0 fully saturated rings. The standard InChI is InChI=1S/C59H62BF3N2O2/c1-54(2,3)37-17-22-40(23-18-37)64-47-34-45-44(57(10,11)27-28-58(45,12)13)33-46(47)60-51-43-32-39(56(7,8)9)21-26-50(43)66-53(51)65(41-24-19-38(20-25-41)55(4,5)6)49-31-36(30-48(64)52(49)60)35-15-14-16-42(29-35)67-59(61,62)63/h14-26,29-34H,27-28H2,1-13H3. The van der Waals surface area contributed by atoms with Gasteiger partial charge in [0.2, 0.25) is 5.88 Å². The van der Waals surface area contributed by atoms with Gasteiger partial charge in [0, 0.05) is 39.3 Å². The SMILES string of the molecule is CC(C)(C)c1ccc(N2c3cc4c(cc3B3c5c2cc(-c2cccc(OC(F)(F)F)c2)cc5N(c2ccc(C(C)(C)C)cc2)c2oc5ccc(C(C)(C)C)cc5c23)C(C)(C)CCC4(C)C)cc1. The van der Waals surface area contributed by atoms with Crippen LogP contribution < -0.4 is 30.9 Å². The second-order valence-corrected chi connectivity index (χ2v) is 23.7. The Kier molecular flexibility index (Phi) is 9.93. The first-order chi connectivity index (χ1) is 31.2. The van der Waals surface area contributed by atoms with E-state index in [1.165, 1.54) is 45.4 Å². The highest BCUT2D eigenvalue weighted by molar-refractivity contribution is 7.01. The van der Waals surface area contributed by atoms with E-state index in [4.69, 9.17) is 4.42 Å². The van der Waals surface area contributed by atoms with Crippen molar-refractivity contribution in [1.82, 2.24) is 0 Å². The van der Waals surface area contributed by atoms with Gasteiger partial charge in [0.05, 0.1) is 0 Å². The molecule has 2 aliphatic heterocycles. The van der Waals surface area contributed by atoms with Crippen LogP contribution in [-0.4, -0.2) is 13.1 Å². The predicted octanol–water partition coefficient (Wildman–Crippen LogP) is 15.3. The predicted molar refractivity (Wildman–Crippen MR) is 274 cm³/mol. The molecule has 0 atom stereocenters. The van der Waals surface area contributed by atoms with Gasteiger partial charge >= 0.3 is 6.36 Å². The molecule has 0 amide bonds. The van der Waals surface area contributed by atoms with Gasteiger partial charge in [0.1, 0.15) is 11.3 Å². The van der Waals surface area contributed by atoms with E-state index in [9.17, 15) is 13.2 Å². The number of ether oxygens (including phenoxy) is 1. The van der Waals surface area contributed by atoms with Crippen LogP contribution in [0.4, 0.5) is 47.5 Å². The van der Waals surface area contributed by atoms with E-state index >= 15 is 0 Å². The summed E-state index contributed by atoms with van der Waals surface area (Å²) in [6.45, 7) is 29.4. The van der Waals surface area contributed by atoms with Crippen molar-refractivity contribution in [3.05, 3.63) is 143 Å². The molecule has 3 aliphatic rings. The van der Waals surface area contributed by atoms with E-state index in [-0.39, 0.29) is 39.5 Å². The summed E-state index contributed by atoms with van der Waals surface area (Å²) in [5, 5.41) is 1.08. The van der Waals surface area contributed by atoms with Crippen molar-refractivity contribution in [1.29, 1.82) is 0 Å². The second kappa shape index (κ2) is 14.8. The van der Waals surface area contributed by atoms with Crippen molar-refractivity contribution in [2.45, 2.75) is 136 Å². The Hall–Kier alpha value is -5.89. The number of hydrogen-bond donors (Lipinski definition) is 0. The molecule has 4 nitrogen and oxygen atoms in total. The molecule has 0 radical (unpaired) electrons. The minimum absolute atomic E-state index is 0.0611. The van der Waals surface area contributed by atoms with Gasteiger partial charge in [0.25, 0.3) is 6.71 Å². The molecule has 344 valence electrons. The average molecular weight is 899 g/mol. The lowest BCUT2D eigenvalue weighted by atomic mass is 9.33. The van der Waals surface area contributed by atoms with Crippen LogP contribution in [0.3, 0.4) is 0 Å².